The quantitative estimate of drug-likeness (QED) is 0.314. The molecule has 2 aromatic heterocycles. The van der Waals surface area contributed by atoms with Gasteiger partial charge < -0.3 is 25.4 Å². The largest absolute Gasteiger partial charge is 0.453 e. The van der Waals surface area contributed by atoms with Gasteiger partial charge >= 0.3 is 6.03 Å². The van der Waals surface area contributed by atoms with Crippen molar-refractivity contribution in [2.24, 2.45) is 4.99 Å². The standard InChI is InChI=1S/C26H30FN5O3S/c1-16(2)31-26(33)32-18-5-7-22(19(27)12-18)35-23-8-9-29-21-13-24(36-25(21)23)20-6-4-17(15-30-20)14-28-10-11-34-3/h5,7-9,12-13,15-16,28H,4,6,10-11,14H2,1-3H3,(H2,31,32,33). The van der Waals surface area contributed by atoms with Gasteiger partial charge in [0.15, 0.2) is 11.6 Å². The summed E-state index contributed by atoms with van der Waals surface area (Å²) in [6.45, 7) is 5.99. The molecule has 0 aliphatic carbocycles. The van der Waals surface area contributed by atoms with Crippen LogP contribution in [0.2, 0.25) is 0 Å². The number of rotatable bonds is 10. The number of anilines is 1. The molecule has 3 aromatic rings. The van der Waals surface area contributed by atoms with Crippen molar-refractivity contribution in [3.63, 3.8) is 0 Å². The summed E-state index contributed by atoms with van der Waals surface area (Å²) in [6.07, 6.45) is 5.35. The van der Waals surface area contributed by atoms with Gasteiger partial charge in [-0.15, -0.1) is 11.3 Å². The molecule has 0 radical (unpaired) electrons. The number of aliphatic imine (C=N–C) groups is 1. The molecule has 0 bridgehead atoms. The van der Waals surface area contributed by atoms with E-state index in [2.05, 4.69) is 25.9 Å². The third-order valence-electron chi connectivity index (χ3n) is 5.41. The minimum absolute atomic E-state index is 0.0250. The smallest absolute Gasteiger partial charge is 0.319 e. The molecule has 8 nitrogen and oxygen atoms in total. The fourth-order valence-corrected chi connectivity index (χ4v) is 4.76. The summed E-state index contributed by atoms with van der Waals surface area (Å²) >= 11 is 1.53. The van der Waals surface area contributed by atoms with Crippen molar-refractivity contribution in [1.29, 1.82) is 0 Å². The molecule has 4 rings (SSSR count). The number of pyridine rings is 1. The fraction of sp³-hybridized carbons (Fsp3) is 0.346. The molecule has 0 saturated carbocycles. The van der Waals surface area contributed by atoms with Crippen LogP contribution in [-0.4, -0.2) is 49.6 Å². The number of carbonyl (C=O) groups is 1. The average molecular weight is 512 g/mol. The van der Waals surface area contributed by atoms with Gasteiger partial charge in [-0.1, -0.05) is 0 Å². The van der Waals surface area contributed by atoms with Crippen molar-refractivity contribution in [1.82, 2.24) is 15.6 Å². The van der Waals surface area contributed by atoms with Crippen molar-refractivity contribution < 1.29 is 18.7 Å². The van der Waals surface area contributed by atoms with Crippen LogP contribution in [0.25, 0.3) is 10.2 Å². The van der Waals surface area contributed by atoms with Crippen LogP contribution in [0.3, 0.4) is 0 Å². The third kappa shape index (κ3) is 6.66. The number of hydrogen-bond donors (Lipinski definition) is 3. The number of aromatic nitrogens is 1. The van der Waals surface area contributed by atoms with Crippen LogP contribution in [0.15, 0.2) is 53.3 Å². The maximum atomic E-state index is 14.8. The summed E-state index contributed by atoms with van der Waals surface area (Å²) in [4.78, 5) is 22.0. The Morgan fingerprint density at radius 3 is 2.78 bits per heavy atom. The van der Waals surface area contributed by atoms with Crippen LogP contribution < -0.4 is 20.7 Å². The van der Waals surface area contributed by atoms with Crippen molar-refractivity contribution in [3.8, 4) is 11.5 Å². The SMILES string of the molecule is COCCNCC1=CN=C(c2cc3nccc(Oc4ccc(NC(=O)NC(C)C)cc4F)c3s2)CC1. The Hall–Kier alpha value is -3.34. The summed E-state index contributed by atoms with van der Waals surface area (Å²) in [5.74, 6) is 0.00624. The lowest BCUT2D eigenvalue weighted by atomic mass is 10.0. The lowest BCUT2D eigenvalue weighted by Crippen LogP contribution is -2.34. The Morgan fingerprint density at radius 1 is 1.19 bits per heavy atom. The first kappa shape index (κ1) is 25.7. The normalized spacial score (nSPS) is 13.5. The number of hydrogen-bond acceptors (Lipinski definition) is 7. The molecule has 1 aliphatic heterocycles. The number of methoxy groups -OCH3 is 1. The van der Waals surface area contributed by atoms with Crippen molar-refractivity contribution >= 4 is 39.0 Å². The first-order valence-electron chi connectivity index (χ1n) is 11.8. The molecule has 0 spiro atoms. The van der Waals surface area contributed by atoms with Crippen LogP contribution in [-0.2, 0) is 4.74 Å². The fourth-order valence-electron chi connectivity index (χ4n) is 3.67. The zero-order valence-corrected chi connectivity index (χ0v) is 21.4. The summed E-state index contributed by atoms with van der Waals surface area (Å²) in [5.41, 5.74) is 3.38. The van der Waals surface area contributed by atoms with Crippen LogP contribution in [0.5, 0.6) is 11.5 Å². The van der Waals surface area contributed by atoms with E-state index in [-0.39, 0.29) is 11.8 Å². The molecule has 3 heterocycles. The molecule has 0 atom stereocenters. The molecule has 0 unspecified atom stereocenters. The number of thiophene rings is 1. The number of carbonyl (C=O) groups excluding carboxylic acids is 1. The molecular weight excluding hydrogens is 481 g/mol. The molecule has 1 aromatic carbocycles. The number of ether oxygens (including phenoxy) is 2. The number of nitrogens with zero attached hydrogens (tertiary/aromatic N) is 2. The van der Waals surface area contributed by atoms with Gasteiger partial charge in [0.2, 0.25) is 0 Å². The molecule has 36 heavy (non-hydrogen) atoms. The van der Waals surface area contributed by atoms with E-state index in [1.807, 2.05) is 26.1 Å². The Labute approximate surface area is 213 Å². The van der Waals surface area contributed by atoms with Crippen molar-refractivity contribution in [3.05, 3.63) is 59.0 Å². The molecule has 0 fully saturated rings. The minimum atomic E-state index is -0.576. The van der Waals surface area contributed by atoms with Crippen LogP contribution in [0.1, 0.15) is 31.6 Å². The maximum absolute atomic E-state index is 14.8. The average Bonchev–Trinajstić information content (AvgIpc) is 3.29. The second-order valence-corrected chi connectivity index (χ2v) is 9.72. The van der Waals surface area contributed by atoms with Gasteiger partial charge in [-0.2, -0.15) is 0 Å². The van der Waals surface area contributed by atoms with Gasteiger partial charge in [0.1, 0.15) is 5.75 Å². The third-order valence-corrected chi connectivity index (χ3v) is 6.60. The van der Waals surface area contributed by atoms with E-state index in [1.54, 1.807) is 25.4 Å². The van der Waals surface area contributed by atoms with E-state index in [0.29, 0.717) is 18.0 Å². The zero-order chi connectivity index (χ0) is 25.5. The van der Waals surface area contributed by atoms with E-state index in [4.69, 9.17) is 9.47 Å². The Balaban J connectivity index is 1.47. The minimum Gasteiger partial charge on any atom is -0.453 e. The number of amides is 2. The van der Waals surface area contributed by atoms with Crippen LogP contribution in [0, 0.1) is 5.82 Å². The van der Waals surface area contributed by atoms with Crippen LogP contribution in [0.4, 0.5) is 14.9 Å². The molecule has 0 saturated heterocycles. The summed E-state index contributed by atoms with van der Waals surface area (Å²) < 4.78 is 26.6. The highest BCUT2D eigenvalue weighted by Crippen LogP contribution is 2.37. The van der Waals surface area contributed by atoms with Gasteiger partial charge in [0.05, 0.1) is 27.4 Å². The molecule has 10 heteroatoms. The number of benzene rings is 1. The predicted octanol–water partition coefficient (Wildman–Crippen LogP) is 5.46. The maximum Gasteiger partial charge on any atom is 0.319 e. The zero-order valence-electron chi connectivity index (χ0n) is 20.6. The van der Waals surface area contributed by atoms with E-state index >= 15 is 0 Å². The Morgan fingerprint density at radius 2 is 2.06 bits per heavy atom. The molecular formula is C26H30FN5O3S. The Kier molecular flexibility index (Phi) is 8.63. The van der Waals surface area contributed by atoms with E-state index in [1.165, 1.54) is 29.0 Å². The monoisotopic (exact) mass is 511 g/mol. The summed E-state index contributed by atoms with van der Waals surface area (Å²) in [5, 5.41) is 8.66. The molecule has 190 valence electrons. The predicted molar refractivity (Wildman–Crippen MR) is 142 cm³/mol. The number of fused-ring (bicyclic) bond motifs is 1. The lowest BCUT2D eigenvalue weighted by molar-refractivity contribution is 0.200. The topological polar surface area (TPSA) is 96.9 Å². The van der Waals surface area contributed by atoms with Crippen molar-refractivity contribution in [2.75, 3.05) is 32.1 Å². The number of halogens is 1. The molecule has 1 aliphatic rings. The van der Waals surface area contributed by atoms with E-state index in [0.717, 1.165) is 46.7 Å². The number of nitrogens with one attached hydrogen (secondary N) is 3. The van der Waals surface area contributed by atoms with E-state index < -0.39 is 11.8 Å². The van der Waals surface area contributed by atoms with Crippen molar-refractivity contribution in [2.45, 2.75) is 32.7 Å². The highest BCUT2D eigenvalue weighted by molar-refractivity contribution is 7.21. The molecule has 3 N–H and O–H groups in total. The second-order valence-electron chi connectivity index (χ2n) is 8.67. The van der Waals surface area contributed by atoms with Crippen LogP contribution >= 0.6 is 11.3 Å². The molecule has 2 amide bonds. The summed E-state index contributed by atoms with van der Waals surface area (Å²) in [7, 11) is 1.69. The summed E-state index contributed by atoms with van der Waals surface area (Å²) in [6, 6.07) is 7.63. The van der Waals surface area contributed by atoms with Gasteiger partial charge in [-0.3, -0.25) is 9.98 Å². The van der Waals surface area contributed by atoms with Gasteiger partial charge in [0.25, 0.3) is 0 Å². The highest BCUT2D eigenvalue weighted by atomic mass is 32.1. The lowest BCUT2D eigenvalue weighted by Gasteiger charge is -2.13. The van der Waals surface area contributed by atoms with E-state index in [9.17, 15) is 9.18 Å². The highest BCUT2D eigenvalue weighted by Gasteiger charge is 2.17. The first-order chi connectivity index (χ1) is 17.4. The van der Waals surface area contributed by atoms with Gasteiger partial charge in [0, 0.05) is 56.5 Å². The first-order valence-corrected chi connectivity index (χ1v) is 12.6. The van der Waals surface area contributed by atoms with Gasteiger partial charge in [-0.05, 0) is 50.5 Å². The second kappa shape index (κ2) is 12.1. The number of urea groups is 1. The van der Waals surface area contributed by atoms with Gasteiger partial charge in [-0.25, -0.2) is 9.18 Å². The Bertz CT molecular complexity index is 1290.